The van der Waals surface area contributed by atoms with E-state index in [0.717, 1.165) is 29.8 Å². The van der Waals surface area contributed by atoms with Crippen LogP contribution in [-0.2, 0) is 14.8 Å². The average Bonchev–Trinajstić information content (AvgIpc) is 3.16. The number of nitrogens with one attached hydrogen (secondary N) is 1. The van der Waals surface area contributed by atoms with Crippen molar-refractivity contribution in [3.05, 3.63) is 41.7 Å². The fourth-order valence-corrected chi connectivity index (χ4v) is 4.54. The number of ether oxygens (including phenoxy) is 1. The maximum atomic E-state index is 12.5. The molecule has 1 aromatic heterocycles. The van der Waals surface area contributed by atoms with E-state index in [1.54, 1.807) is 6.20 Å². The van der Waals surface area contributed by atoms with Crippen molar-refractivity contribution in [3.8, 4) is 5.69 Å². The summed E-state index contributed by atoms with van der Waals surface area (Å²) in [5.41, 5.74) is 3.43. The van der Waals surface area contributed by atoms with Gasteiger partial charge in [0.1, 0.15) is 0 Å². The maximum Gasteiger partial charge on any atom is 0.235 e. The first-order valence-corrected chi connectivity index (χ1v) is 10.3. The van der Waals surface area contributed by atoms with E-state index in [1.165, 1.54) is 0 Å². The monoisotopic (exact) mass is 363 g/mol. The van der Waals surface area contributed by atoms with Gasteiger partial charge in [-0.2, -0.15) is 5.10 Å². The lowest BCUT2D eigenvalue weighted by molar-refractivity contribution is 0.127. The zero-order chi connectivity index (χ0) is 18.0. The van der Waals surface area contributed by atoms with Gasteiger partial charge in [0.2, 0.25) is 10.0 Å². The van der Waals surface area contributed by atoms with Crippen molar-refractivity contribution in [2.45, 2.75) is 45.6 Å². The minimum Gasteiger partial charge on any atom is -0.377 e. The molecule has 0 radical (unpaired) electrons. The highest BCUT2D eigenvalue weighted by atomic mass is 32.2. The standard InChI is InChI=1S/C18H25N3O3S/c1-13(2)18-16(20-25(22,23)12-15-8-6-10-24-15)11-19-21(18)17-9-5-4-7-14(17)3/h4-5,7,9,11,13,15,20H,6,8,10,12H2,1-3H3/t15-/m0/s1. The van der Waals surface area contributed by atoms with E-state index >= 15 is 0 Å². The highest BCUT2D eigenvalue weighted by Gasteiger charge is 2.26. The molecule has 136 valence electrons. The molecular weight excluding hydrogens is 338 g/mol. The van der Waals surface area contributed by atoms with Crippen molar-refractivity contribution in [1.29, 1.82) is 0 Å². The van der Waals surface area contributed by atoms with Crippen LogP contribution in [0.3, 0.4) is 0 Å². The van der Waals surface area contributed by atoms with Gasteiger partial charge >= 0.3 is 0 Å². The van der Waals surface area contributed by atoms with Gasteiger partial charge in [0.15, 0.2) is 0 Å². The van der Waals surface area contributed by atoms with Crippen LogP contribution in [0.4, 0.5) is 5.69 Å². The number of rotatable bonds is 6. The summed E-state index contributed by atoms with van der Waals surface area (Å²) < 4.78 is 35.0. The second kappa shape index (κ2) is 7.17. The normalized spacial score (nSPS) is 18.0. The lowest BCUT2D eigenvalue weighted by atomic mass is 10.1. The van der Waals surface area contributed by atoms with Gasteiger partial charge < -0.3 is 4.74 Å². The molecule has 1 aliphatic heterocycles. The van der Waals surface area contributed by atoms with Crippen molar-refractivity contribution in [2.24, 2.45) is 0 Å². The van der Waals surface area contributed by atoms with Crippen LogP contribution in [0.15, 0.2) is 30.5 Å². The van der Waals surface area contributed by atoms with Crippen molar-refractivity contribution >= 4 is 15.7 Å². The number of para-hydroxylation sites is 1. The fourth-order valence-electron chi connectivity index (χ4n) is 3.21. The first-order chi connectivity index (χ1) is 11.9. The van der Waals surface area contributed by atoms with Crippen LogP contribution in [0.5, 0.6) is 0 Å². The summed E-state index contributed by atoms with van der Waals surface area (Å²) in [6.45, 7) is 6.72. The van der Waals surface area contributed by atoms with Crippen molar-refractivity contribution in [3.63, 3.8) is 0 Å². The van der Waals surface area contributed by atoms with Gasteiger partial charge in [-0.25, -0.2) is 13.1 Å². The van der Waals surface area contributed by atoms with Gasteiger partial charge in [-0.1, -0.05) is 32.0 Å². The van der Waals surface area contributed by atoms with Crippen molar-refractivity contribution < 1.29 is 13.2 Å². The summed E-state index contributed by atoms with van der Waals surface area (Å²) in [5, 5.41) is 4.44. The van der Waals surface area contributed by atoms with E-state index in [9.17, 15) is 8.42 Å². The molecule has 7 heteroatoms. The highest BCUT2D eigenvalue weighted by molar-refractivity contribution is 7.92. The molecule has 0 unspecified atom stereocenters. The molecule has 25 heavy (non-hydrogen) atoms. The summed E-state index contributed by atoms with van der Waals surface area (Å²) in [7, 11) is -3.48. The maximum absolute atomic E-state index is 12.5. The molecule has 0 bridgehead atoms. The fraction of sp³-hybridized carbons (Fsp3) is 0.500. The van der Waals surface area contributed by atoms with E-state index < -0.39 is 10.0 Å². The third kappa shape index (κ3) is 4.04. The Morgan fingerprint density at radius 1 is 1.36 bits per heavy atom. The molecule has 1 aromatic carbocycles. The molecule has 1 atom stereocenters. The summed E-state index contributed by atoms with van der Waals surface area (Å²) in [5.74, 6) is 0.0997. The lowest BCUT2D eigenvalue weighted by Gasteiger charge is -2.16. The summed E-state index contributed by atoms with van der Waals surface area (Å²) >= 11 is 0. The minimum atomic E-state index is -3.48. The molecule has 3 rings (SSSR count). The van der Waals surface area contributed by atoms with Crippen LogP contribution in [-0.4, -0.2) is 36.7 Å². The van der Waals surface area contributed by atoms with Gasteiger partial charge in [-0.05, 0) is 37.3 Å². The number of nitrogens with zero attached hydrogens (tertiary/aromatic N) is 2. The lowest BCUT2D eigenvalue weighted by Crippen LogP contribution is -2.26. The van der Waals surface area contributed by atoms with Gasteiger partial charge in [0, 0.05) is 6.61 Å². The van der Waals surface area contributed by atoms with Gasteiger partial charge in [0.05, 0.1) is 35.1 Å². The van der Waals surface area contributed by atoms with Gasteiger partial charge in [-0.15, -0.1) is 0 Å². The van der Waals surface area contributed by atoms with Gasteiger partial charge in [-0.3, -0.25) is 4.72 Å². The number of hydrogen-bond acceptors (Lipinski definition) is 4. The van der Waals surface area contributed by atoms with E-state index in [2.05, 4.69) is 9.82 Å². The number of anilines is 1. The first kappa shape index (κ1) is 17.9. The molecule has 2 heterocycles. The summed E-state index contributed by atoms with van der Waals surface area (Å²) in [6, 6.07) is 7.93. The Labute approximate surface area is 149 Å². The molecule has 0 aliphatic carbocycles. The van der Waals surface area contributed by atoms with Crippen LogP contribution < -0.4 is 4.72 Å². The Morgan fingerprint density at radius 2 is 2.12 bits per heavy atom. The third-order valence-electron chi connectivity index (χ3n) is 4.39. The predicted octanol–water partition coefficient (Wildman–Crippen LogP) is 3.22. The second-order valence-corrected chi connectivity index (χ2v) is 8.58. The first-order valence-electron chi connectivity index (χ1n) is 8.63. The number of aromatic nitrogens is 2. The Hall–Kier alpha value is -1.86. The van der Waals surface area contributed by atoms with Crippen LogP contribution in [0.25, 0.3) is 5.69 Å². The zero-order valence-corrected chi connectivity index (χ0v) is 15.7. The topological polar surface area (TPSA) is 73.2 Å². The van der Waals surface area contributed by atoms with Crippen LogP contribution in [0.1, 0.15) is 43.9 Å². The van der Waals surface area contributed by atoms with E-state index in [1.807, 2.05) is 49.7 Å². The third-order valence-corrected chi connectivity index (χ3v) is 5.73. The number of aryl methyl sites for hydroxylation is 1. The Morgan fingerprint density at radius 3 is 2.76 bits per heavy atom. The molecule has 0 saturated carbocycles. The van der Waals surface area contributed by atoms with Crippen molar-refractivity contribution in [1.82, 2.24) is 9.78 Å². The van der Waals surface area contributed by atoms with Gasteiger partial charge in [0.25, 0.3) is 0 Å². The van der Waals surface area contributed by atoms with E-state index in [0.29, 0.717) is 12.3 Å². The Balaban J connectivity index is 1.91. The quantitative estimate of drug-likeness (QED) is 0.855. The molecule has 0 amide bonds. The van der Waals surface area contributed by atoms with Crippen molar-refractivity contribution in [2.75, 3.05) is 17.1 Å². The Kier molecular flexibility index (Phi) is 5.15. The van der Waals surface area contributed by atoms with Crippen LogP contribution in [0, 0.1) is 6.92 Å². The second-order valence-electron chi connectivity index (χ2n) is 6.81. The largest absolute Gasteiger partial charge is 0.377 e. The number of hydrogen-bond donors (Lipinski definition) is 1. The molecule has 0 spiro atoms. The minimum absolute atomic E-state index is 0.0138. The number of benzene rings is 1. The van der Waals surface area contributed by atoms with Crippen LogP contribution >= 0.6 is 0 Å². The van der Waals surface area contributed by atoms with E-state index in [-0.39, 0.29) is 17.8 Å². The summed E-state index contributed by atoms with van der Waals surface area (Å²) in [6.07, 6.45) is 3.09. The SMILES string of the molecule is Cc1ccccc1-n1ncc(NS(=O)(=O)C[C@@H]2CCCO2)c1C(C)C. The van der Waals surface area contributed by atoms with Crippen LogP contribution in [0.2, 0.25) is 0 Å². The zero-order valence-electron chi connectivity index (χ0n) is 14.9. The van der Waals surface area contributed by atoms with E-state index in [4.69, 9.17) is 4.74 Å². The molecule has 1 aliphatic rings. The predicted molar refractivity (Wildman–Crippen MR) is 98.8 cm³/mol. The molecule has 6 nitrogen and oxygen atoms in total. The smallest absolute Gasteiger partial charge is 0.235 e. The molecule has 1 fully saturated rings. The average molecular weight is 363 g/mol. The molecular formula is C18H25N3O3S. The summed E-state index contributed by atoms with van der Waals surface area (Å²) in [4.78, 5) is 0. The Bertz CT molecular complexity index is 837. The number of sulfonamides is 1. The molecule has 2 aromatic rings. The molecule has 1 N–H and O–H groups in total. The molecule has 1 saturated heterocycles. The highest BCUT2D eigenvalue weighted by Crippen LogP contribution is 2.29.